The summed E-state index contributed by atoms with van der Waals surface area (Å²) in [5.74, 6) is -3.98. The first-order chi connectivity index (χ1) is 5.42. The monoisotopic (exact) mass is 178 g/mol. The van der Waals surface area contributed by atoms with Crippen LogP contribution in [0.25, 0.3) is 0 Å². The van der Waals surface area contributed by atoms with Gasteiger partial charge in [-0.05, 0) is 13.3 Å². The minimum atomic E-state index is -2.77. The predicted octanol–water partition coefficient (Wildman–Crippen LogP) is 1.37. The number of rotatable bonds is 1. The van der Waals surface area contributed by atoms with E-state index in [1.807, 2.05) is 0 Å². The van der Waals surface area contributed by atoms with Crippen molar-refractivity contribution in [2.24, 2.45) is 5.92 Å². The fraction of sp³-hybridized carbons (Fsp3) is 0.875. The van der Waals surface area contributed by atoms with Crippen molar-refractivity contribution in [2.75, 3.05) is 0 Å². The zero-order valence-corrected chi connectivity index (χ0v) is 6.89. The van der Waals surface area contributed by atoms with E-state index in [9.17, 15) is 18.7 Å². The molecule has 1 rings (SSSR count). The van der Waals surface area contributed by atoms with Crippen molar-refractivity contribution in [3.8, 4) is 0 Å². The third-order valence-corrected chi connectivity index (χ3v) is 2.31. The van der Waals surface area contributed by atoms with E-state index < -0.39 is 24.4 Å². The molecule has 0 aliphatic heterocycles. The Kier molecular flexibility index (Phi) is 2.46. The van der Waals surface area contributed by atoms with Gasteiger partial charge >= 0.3 is 0 Å². The highest BCUT2D eigenvalue weighted by Gasteiger charge is 2.42. The molecule has 0 saturated heterocycles. The Morgan fingerprint density at radius 3 is 2.58 bits per heavy atom. The van der Waals surface area contributed by atoms with E-state index >= 15 is 0 Å². The Hall–Kier alpha value is -0.510. The minimum Gasteiger partial charge on any atom is -0.392 e. The maximum absolute atomic E-state index is 12.7. The predicted molar refractivity (Wildman–Crippen MR) is 39.0 cm³/mol. The van der Waals surface area contributed by atoms with Crippen molar-refractivity contribution in [2.45, 2.75) is 38.2 Å². The maximum atomic E-state index is 12.7. The van der Waals surface area contributed by atoms with Crippen molar-refractivity contribution >= 4 is 5.78 Å². The van der Waals surface area contributed by atoms with Gasteiger partial charge in [-0.25, -0.2) is 8.78 Å². The average molecular weight is 178 g/mol. The molecule has 1 aliphatic carbocycles. The molecule has 1 N–H and O–H groups in total. The molecule has 1 saturated carbocycles. The molecule has 2 atom stereocenters. The van der Waals surface area contributed by atoms with E-state index in [2.05, 4.69) is 0 Å². The zero-order valence-electron chi connectivity index (χ0n) is 6.89. The lowest BCUT2D eigenvalue weighted by Crippen LogP contribution is -2.39. The second kappa shape index (κ2) is 3.09. The highest BCUT2D eigenvalue weighted by molar-refractivity contribution is 5.79. The summed E-state index contributed by atoms with van der Waals surface area (Å²) >= 11 is 0. The fourth-order valence-electron chi connectivity index (χ4n) is 1.53. The largest absolute Gasteiger partial charge is 0.392 e. The Balaban J connectivity index is 2.66. The summed E-state index contributed by atoms with van der Waals surface area (Å²) in [6.45, 7) is 1.25. The van der Waals surface area contributed by atoms with Gasteiger partial charge in [-0.3, -0.25) is 4.79 Å². The lowest BCUT2D eigenvalue weighted by Gasteiger charge is -2.31. The summed E-state index contributed by atoms with van der Waals surface area (Å²) in [7, 11) is 0. The lowest BCUT2D eigenvalue weighted by molar-refractivity contribution is -0.137. The van der Waals surface area contributed by atoms with Crippen LogP contribution in [0.1, 0.15) is 26.2 Å². The van der Waals surface area contributed by atoms with Gasteiger partial charge < -0.3 is 5.11 Å². The second-order valence-corrected chi connectivity index (χ2v) is 3.38. The molecule has 0 aromatic heterocycles. The van der Waals surface area contributed by atoms with Gasteiger partial charge in [-0.2, -0.15) is 0 Å². The summed E-state index contributed by atoms with van der Waals surface area (Å²) in [6.07, 6.45) is -1.65. The van der Waals surface area contributed by atoms with Gasteiger partial charge in [-0.1, -0.05) is 0 Å². The van der Waals surface area contributed by atoms with Crippen molar-refractivity contribution in [3.63, 3.8) is 0 Å². The second-order valence-electron chi connectivity index (χ2n) is 3.38. The van der Waals surface area contributed by atoms with E-state index in [0.29, 0.717) is 0 Å². The molecular weight excluding hydrogens is 166 g/mol. The van der Waals surface area contributed by atoms with Crippen LogP contribution in [0.2, 0.25) is 0 Å². The third-order valence-electron chi connectivity index (χ3n) is 2.31. The molecule has 0 aromatic rings. The van der Waals surface area contributed by atoms with Crippen LogP contribution in [0.3, 0.4) is 0 Å². The minimum absolute atomic E-state index is 0.0250. The molecule has 0 amide bonds. The van der Waals surface area contributed by atoms with E-state index in [1.165, 1.54) is 6.92 Å². The summed E-state index contributed by atoms with van der Waals surface area (Å²) in [6, 6.07) is 0. The van der Waals surface area contributed by atoms with Gasteiger partial charge in [-0.15, -0.1) is 0 Å². The summed E-state index contributed by atoms with van der Waals surface area (Å²) in [5.41, 5.74) is 0. The molecule has 0 aromatic carbocycles. The normalized spacial score (nSPS) is 34.7. The summed E-state index contributed by atoms with van der Waals surface area (Å²) in [4.78, 5) is 10.8. The van der Waals surface area contributed by atoms with Crippen LogP contribution in [0.15, 0.2) is 0 Å². The number of ketones is 1. The molecule has 4 heteroatoms. The average Bonchev–Trinajstić information content (AvgIpc) is 1.94. The van der Waals surface area contributed by atoms with Gasteiger partial charge in [0, 0.05) is 18.8 Å². The van der Waals surface area contributed by atoms with Crippen LogP contribution >= 0.6 is 0 Å². The molecular formula is C8H12F2O2. The molecule has 0 radical (unpaired) electrons. The molecule has 0 bridgehead atoms. The number of carbonyl (C=O) groups excluding carboxylic acids is 1. The SMILES string of the molecule is CC(=O)[C@H]1CC(F)(F)CC[C@H]1O. The number of carbonyl (C=O) groups is 1. The summed E-state index contributed by atoms with van der Waals surface area (Å²) < 4.78 is 25.4. The number of alkyl halides is 2. The van der Waals surface area contributed by atoms with Crippen LogP contribution in [-0.4, -0.2) is 22.9 Å². The maximum Gasteiger partial charge on any atom is 0.249 e. The quantitative estimate of drug-likeness (QED) is 0.658. The highest BCUT2D eigenvalue weighted by Crippen LogP contribution is 2.37. The smallest absolute Gasteiger partial charge is 0.249 e. The van der Waals surface area contributed by atoms with Crippen LogP contribution in [0.4, 0.5) is 8.78 Å². The lowest BCUT2D eigenvalue weighted by atomic mass is 9.82. The first-order valence-corrected chi connectivity index (χ1v) is 3.99. The number of aliphatic hydroxyl groups excluding tert-OH is 1. The van der Waals surface area contributed by atoms with Crippen molar-refractivity contribution in [3.05, 3.63) is 0 Å². The van der Waals surface area contributed by atoms with E-state index in [4.69, 9.17) is 0 Å². The van der Waals surface area contributed by atoms with Crippen LogP contribution in [0.5, 0.6) is 0 Å². The molecule has 12 heavy (non-hydrogen) atoms. The molecule has 0 heterocycles. The fourth-order valence-corrected chi connectivity index (χ4v) is 1.53. The number of hydrogen-bond donors (Lipinski definition) is 1. The molecule has 1 aliphatic rings. The van der Waals surface area contributed by atoms with Crippen LogP contribution in [-0.2, 0) is 4.79 Å². The molecule has 0 spiro atoms. The Morgan fingerprint density at radius 2 is 2.17 bits per heavy atom. The number of halogens is 2. The van der Waals surface area contributed by atoms with Crippen molar-refractivity contribution < 1.29 is 18.7 Å². The third kappa shape index (κ3) is 2.00. The Morgan fingerprint density at radius 1 is 1.58 bits per heavy atom. The topological polar surface area (TPSA) is 37.3 Å². The number of aliphatic hydroxyl groups is 1. The Labute approximate surface area is 69.6 Å². The van der Waals surface area contributed by atoms with Gasteiger partial charge in [0.15, 0.2) is 0 Å². The van der Waals surface area contributed by atoms with Gasteiger partial charge in [0.2, 0.25) is 5.92 Å². The zero-order chi connectivity index (χ0) is 9.35. The Bertz CT molecular complexity index is 191. The number of hydrogen-bond acceptors (Lipinski definition) is 2. The van der Waals surface area contributed by atoms with E-state index in [-0.39, 0.29) is 18.6 Å². The van der Waals surface area contributed by atoms with Gasteiger partial charge in [0.05, 0.1) is 6.10 Å². The van der Waals surface area contributed by atoms with Crippen molar-refractivity contribution in [1.29, 1.82) is 0 Å². The first kappa shape index (κ1) is 9.58. The summed E-state index contributed by atoms with van der Waals surface area (Å²) in [5, 5.41) is 9.22. The van der Waals surface area contributed by atoms with Crippen LogP contribution < -0.4 is 0 Å². The van der Waals surface area contributed by atoms with E-state index in [1.54, 1.807) is 0 Å². The number of Topliss-reactive ketones (excluding diaryl/α,β-unsaturated/α-hetero) is 1. The van der Waals surface area contributed by atoms with Crippen LogP contribution in [0, 0.1) is 5.92 Å². The van der Waals surface area contributed by atoms with Gasteiger partial charge in [0.1, 0.15) is 5.78 Å². The molecule has 1 fully saturated rings. The first-order valence-electron chi connectivity index (χ1n) is 3.99. The van der Waals surface area contributed by atoms with Crippen molar-refractivity contribution in [1.82, 2.24) is 0 Å². The molecule has 2 nitrogen and oxygen atoms in total. The highest BCUT2D eigenvalue weighted by atomic mass is 19.3. The molecule has 70 valence electrons. The molecule has 0 unspecified atom stereocenters. The van der Waals surface area contributed by atoms with E-state index in [0.717, 1.165) is 0 Å². The standard InChI is InChI=1S/C8H12F2O2/c1-5(11)6-4-8(9,10)3-2-7(6)12/h6-7,12H,2-4H2,1H3/t6-,7-/m1/s1. The van der Waals surface area contributed by atoms with Gasteiger partial charge in [0.25, 0.3) is 0 Å².